The molecule has 3 N–H and O–H groups in total. The number of para-hydroxylation sites is 1. The maximum Gasteiger partial charge on any atom is 0.307 e. The van der Waals surface area contributed by atoms with Crippen molar-refractivity contribution >= 4 is 17.6 Å². The molecule has 0 aliphatic rings. The number of nitrogen functional groups attached to an aromatic ring is 1. The van der Waals surface area contributed by atoms with Gasteiger partial charge in [0.2, 0.25) is 0 Å². The molecule has 5 heteroatoms. The summed E-state index contributed by atoms with van der Waals surface area (Å²) in [7, 11) is 0. The second-order valence-corrected chi connectivity index (χ2v) is 3.40. The molecule has 0 atom stereocenters. The number of hydrogen-bond donors (Lipinski definition) is 2. The van der Waals surface area contributed by atoms with Crippen LogP contribution in [0.1, 0.15) is 23.7 Å². The van der Waals surface area contributed by atoms with Crippen LogP contribution < -0.4 is 11.1 Å². The third-order valence-electron chi connectivity index (χ3n) is 2.13. The van der Waals surface area contributed by atoms with Crippen molar-refractivity contribution in [2.75, 3.05) is 18.9 Å². The van der Waals surface area contributed by atoms with Gasteiger partial charge in [0, 0.05) is 12.2 Å². The quantitative estimate of drug-likeness (QED) is 0.589. The Labute approximate surface area is 99.9 Å². The zero-order valence-electron chi connectivity index (χ0n) is 9.73. The van der Waals surface area contributed by atoms with Crippen molar-refractivity contribution in [3.8, 4) is 0 Å². The average molecular weight is 236 g/mol. The van der Waals surface area contributed by atoms with Crippen molar-refractivity contribution in [1.82, 2.24) is 5.32 Å². The van der Waals surface area contributed by atoms with Crippen LogP contribution in [0.15, 0.2) is 24.3 Å². The molecule has 0 bridgehead atoms. The molecule has 1 amide bonds. The third kappa shape index (κ3) is 4.14. The van der Waals surface area contributed by atoms with Gasteiger partial charge in [-0.2, -0.15) is 0 Å². The molecule has 5 nitrogen and oxygen atoms in total. The first-order valence-electron chi connectivity index (χ1n) is 5.43. The minimum atomic E-state index is -0.325. The maximum absolute atomic E-state index is 11.7. The third-order valence-corrected chi connectivity index (χ3v) is 2.13. The summed E-state index contributed by atoms with van der Waals surface area (Å²) in [5.74, 6) is -0.610. The van der Waals surface area contributed by atoms with Crippen LogP contribution >= 0.6 is 0 Å². The largest absolute Gasteiger partial charge is 0.466 e. The number of esters is 1. The summed E-state index contributed by atoms with van der Waals surface area (Å²) in [6, 6.07) is 6.77. The first kappa shape index (κ1) is 13.0. The van der Waals surface area contributed by atoms with Gasteiger partial charge in [-0.15, -0.1) is 0 Å². The lowest BCUT2D eigenvalue weighted by molar-refractivity contribution is -0.142. The standard InChI is InChI=1S/C12H16N2O3/c1-2-17-11(15)7-8-14-12(16)9-5-3-4-6-10(9)13/h3-6H,2,7-8,13H2,1H3,(H,14,16). The zero-order valence-corrected chi connectivity index (χ0v) is 9.73. The van der Waals surface area contributed by atoms with Crippen LogP contribution in [0, 0.1) is 0 Å². The fourth-order valence-electron chi connectivity index (χ4n) is 1.31. The maximum atomic E-state index is 11.7. The van der Waals surface area contributed by atoms with Crippen molar-refractivity contribution in [2.24, 2.45) is 0 Å². The van der Waals surface area contributed by atoms with E-state index in [1.165, 1.54) is 0 Å². The van der Waals surface area contributed by atoms with Gasteiger partial charge in [0.1, 0.15) is 0 Å². The van der Waals surface area contributed by atoms with Gasteiger partial charge in [0.15, 0.2) is 0 Å². The van der Waals surface area contributed by atoms with Gasteiger partial charge in [-0.1, -0.05) is 12.1 Å². The molecular formula is C12H16N2O3. The minimum Gasteiger partial charge on any atom is -0.466 e. The monoisotopic (exact) mass is 236 g/mol. The molecule has 0 aliphatic carbocycles. The molecule has 0 saturated heterocycles. The normalized spacial score (nSPS) is 9.71. The number of anilines is 1. The highest BCUT2D eigenvalue weighted by Gasteiger charge is 2.09. The van der Waals surface area contributed by atoms with E-state index in [-0.39, 0.29) is 24.8 Å². The fraction of sp³-hybridized carbons (Fsp3) is 0.333. The predicted molar refractivity (Wildman–Crippen MR) is 64.4 cm³/mol. The first-order chi connectivity index (χ1) is 8.15. The molecule has 92 valence electrons. The molecular weight excluding hydrogens is 220 g/mol. The van der Waals surface area contributed by atoms with Gasteiger partial charge in [0.25, 0.3) is 5.91 Å². The van der Waals surface area contributed by atoms with Crippen LogP contribution in [-0.4, -0.2) is 25.0 Å². The first-order valence-corrected chi connectivity index (χ1v) is 5.43. The van der Waals surface area contributed by atoms with Crippen molar-refractivity contribution in [2.45, 2.75) is 13.3 Å². The smallest absolute Gasteiger partial charge is 0.307 e. The van der Waals surface area contributed by atoms with E-state index in [9.17, 15) is 9.59 Å². The predicted octanol–water partition coefficient (Wildman–Crippen LogP) is 0.952. The molecule has 17 heavy (non-hydrogen) atoms. The highest BCUT2D eigenvalue weighted by atomic mass is 16.5. The summed E-state index contributed by atoms with van der Waals surface area (Å²) in [5.41, 5.74) is 6.48. The SMILES string of the molecule is CCOC(=O)CCNC(=O)c1ccccc1N. The van der Waals surface area contributed by atoms with Crippen LogP contribution in [0.25, 0.3) is 0 Å². The molecule has 0 fully saturated rings. The molecule has 1 rings (SSSR count). The average Bonchev–Trinajstić information content (AvgIpc) is 2.29. The van der Waals surface area contributed by atoms with Gasteiger partial charge < -0.3 is 15.8 Å². The Balaban J connectivity index is 2.41. The second-order valence-electron chi connectivity index (χ2n) is 3.40. The van der Waals surface area contributed by atoms with E-state index in [2.05, 4.69) is 5.32 Å². The minimum absolute atomic E-state index is 0.159. The number of amides is 1. The van der Waals surface area contributed by atoms with Crippen LogP contribution in [-0.2, 0) is 9.53 Å². The number of benzene rings is 1. The lowest BCUT2D eigenvalue weighted by Crippen LogP contribution is -2.27. The van der Waals surface area contributed by atoms with Gasteiger partial charge in [-0.3, -0.25) is 9.59 Å². The summed E-state index contributed by atoms with van der Waals surface area (Å²) in [6.07, 6.45) is 0.159. The fourth-order valence-corrected chi connectivity index (χ4v) is 1.31. The van der Waals surface area contributed by atoms with Gasteiger partial charge >= 0.3 is 5.97 Å². The Morgan fingerprint density at radius 2 is 2.06 bits per heavy atom. The second kappa shape index (κ2) is 6.52. The highest BCUT2D eigenvalue weighted by molar-refractivity contribution is 5.99. The number of hydrogen-bond acceptors (Lipinski definition) is 4. The number of nitrogens with two attached hydrogens (primary N) is 1. The summed E-state index contributed by atoms with van der Waals surface area (Å²) < 4.78 is 4.74. The van der Waals surface area contributed by atoms with Crippen LogP contribution in [0.3, 0.4) is 0 Å². The highest BCUT2D eigenvalue weighted by Crippen LogP contribution is 2.09. The van der Waals surface area contributed by atoms with Crippen LogP contribution in [0.2, 0.25) is 0 Å². The van der Waals surface area contributed by atoms with Crippen molar-refractivity contribution in [3.63, 3.8) is 0 Å². The Hall–Kier alpha value is -2.04. The lowest BCUT2D eigenvalue weighted by Gasteiger charge is -2.06. The Kier molecular flexibility index (Phi) is 5.00. The topological polar surface area (TPSA) is 81.4 Å². The molecule has 0 unspecified atom stereocenters. The van der Waals surface area contributed by atoms with Crippen molar-refractivity contribution < 1.29 is 14.3 Å². The van der Waals surface area contributed by atoms with Gasteiger partial charge in [-0.05, 0) is 19.1 Å². The molecule has 0 saturated carbocycles. The summed E-state index contributed by atoms with van der Waals surface area (Å²) in [5, 5.41) is 2.61. The zero-order chi connectivity index (χ0) is 12.7. The number of ether oxygens (including phenoxy) is 1. The molecule has 1 aromatic rings. The van der Waals surface area contributed by atoms with Gasteiger partial charge in [0.05, 0.1) is 18.6 Å². The van der Waals surface area contributed by atoms with E-state index < -0.39 is 0 Å². The van der Waals surface area contributed by atoms with E-state index in [4.69, 9.17) is 10.5 Å². The van der Waals surface area contributed by atoms with Gasteiger partial charge in [-0.25, -0.2) is 0 Å². The van der Waals surface area contributed by atoms with Crippen LogP contribution in [0.5, 0.6) is 0 Å². The molecule has 0 radical (unpaired) electrons. The number of rotatable bonds is 5. The number of carbonyl (C=O) groups excluding carboxylic acids is 2. The Morgan fingerprint density at radius 3 is 2.71 bits per heavy atom. The molecule has 0 aliphatic heterocycles. The van der Waals surface area contributed by atoms with Crippen LogP contribution in [0.4, 0.5) is 5.69 Å². The molecule has 0 spiro atoms. The summed E-state index contributed by atoms with van der Waals surface area (Å²) in [4.78, 5) is 22.7. The van der Waals surface area contributed by atoms with E-state index >= 15 is 0 Å². The van der Waals surface area contributed by atoms with E-state index in [0.29, 0.717) is 17.9 Å². The Morgan fingerprint density at radius 1 is 1.35 bits per heavy atom. The molecule has 0 heterocycles. The summed E-state index contributed by atoms with van der Waals surface area (Å²) >= 11 is 0. The van der Waals surface area contributed by atoms with Crippen molar-refractivity contribution in [3.05, 3.63) is 29.8 Å². The van der Waals surface area contributed by atoms with Crippen molar-refractivity contribution in [1.29, 1.82) is 0 Å². The van der Waals surface area contributed by atoms with E-state index in [0.717, 1.165) is 0 Å². The lowest BCUT2D eigenvalue weighted by atomic mass is 10.1. The summed E-state index contributed by atoms with van der Waals surface area (Å²) in [6.45, 7) is 2.32. The molecule has 0 aromatic heterocycles. The van der Waals surface area contributed by atoms with E-state index in [1.54, 1.807) is 31.2 Å². The number of nitrogens with one attached hydrogen (secondary N) is 1. The molecule has 1 aromatic carbocycles. The number of carbonyl (C=O) groups is 2. The van der Waals surface area contributed by atoms with E-state index in [1.807, 2.05) is 0 Å². The Bertz CT molecular complexity index is 404.